The minimum atomic E-state index is -0.751. The van der Waals surface area contributed by atoms with E-state index in [4.69, 9.17) is 0 Å². The number of anilines is 5. The predicted octanol–water partition coefficient (Wildman–Crippen LogP) is 17.2. The Bertz CT molecular complexity index is 3740. The fourth-order valence-electron chi connectivity index (χ4n) is 11.1. The summed E-state index contributed by atoms with van der Waals surface area (Å²) in [6.07, 6.45) is 0. The highest BCUT2D eigenvalue weighted by Gasteiger charge is 2.50. The summed E-state index contributed by atoms with van der Waals surface area (Å²) in [5.41, 5.74) is 16.7. The minimum absolute atomic E-state index is 0.751. The summed E-state index contributed by atoms with van der Waals surface area (Å²) >= 11 is 0. The van der Waals surface area contributed by atoms with Crippen LogP contribution < -0.4 is 9.80 Å². The molecule has 0 N–H and O–H groups in total. The van der Waals surface area contributed by atoms with Crippen molar-refractivity contribution in [2.24, 2.45) is 0 Å². The van der Waals surface area contributed by atoms with E-state index in [0.717, 1.165) is 39.6 Å². The van der Waals surface area contributed by atoms with Gasteiger partial charge in [-0.05, 0) is 117 Å². The maximum Gasteiger partial charge on any atom is 0.122 e. The number of nitrogens with zero attached hydrogens (tertiary/aromatic N) is 3. The van der Waals surface area contributed by atoms with Crippen molar-refractivity contribution < 1.29 is 0 Å². The molecule has 12 aromatic rings. The van der Waals surface area contributed by atoms with Crippen LogP contribution in [0.5, 0.6) is 0 Å². The van der Waals surface area contributed by atoms with Gasteiger partial charge in [-0.2, -0.15) is 0 Å². The lowest BCUT2D eigenvalue weighted by molar-refractivity contribution is 0.644. The van der Waals surface area contributed by atoms with Crippen LogP contribution in [0.4, 0.5) is 28.4 Å². The molecule has 1 aromatic heterocycles. The fourth-order valence-corrected chi connectivity index (χ4v) is 11.1. The second-order valence-corrected chi connectivity index (χ2v) is 17.7. The number of rotatable bonds is 9. The Labute approximate surface area is 396 Å². The largest absolute Gasteiger partial charge is 0.323 e. The van der Waals surface area contributed by atoms with Crippen molar-refractivity contribution in [3.63, 3.8) is 0 Å². The molecular weight excluding hydrogens is 823 g/mol. The third kappa shape index (κ3) is 6.21. The van der Waals surface area contributed by atoms with Gasteiger partial charge in [0.05, 0.1) is 16.7 Å². The van der Waals surface area contributed by atoms with E-state index >= 15 is 0 Å². The number of benzene rings is 11. The van der Waals surface area contributed by atoms with E-state index < -0.39 is 5.54 Å². The zero-order valence-corrected chi connectivity index (χ0v) is 37.3. The van der Waals surface area contributed by atoms with E-state index in [1.807, 2.05) is 0 Å². The number of hydrogen-bond acceptors (Lipinski definition) is 2. The van der Waals surface area contributed by atoms with E-state index in [9.17, 15) is 0 Å². The number of aromatic nitrogens is 1. The van der Waals surface area contributed by atoms with E-state index in [1.165, 1.54) is 66.0 Å². The first-order valence-corrected chi connectivity index (χ1v) is 23.4. The molecule has 3 heteroatoms. The van der Waals surface area contributed by atoms with E-state index in [1.54, 1.807) is 0 Å². The van der Waals surface area contributed by atoms with Gasteiger partial charge in [0.25, 0.3) is 0 Å². The average Bonchev–Trinajstić information content (AvgIpc) is 3.90. The van der Waals surface area contributed by atoms with Gasteiger partial charge in [0.15, 0.2) is 0 Å². The quantitative estimate of drug-likeness (QED) is 0.143. The summed E-state index contributed by atoms with van der Waals surface area (Å²) in [6.45, 7) is 0. The van der Waals surface area contributed by atoms with Crippen LogP contribution in [0.25, 0.3) is 60.5 Å². The number of para-hydroxylation sites is 3. The maximum absolute atomic E-state index is 2.56. The molecule has 320 valence electrons. The van der Waals surface area contributed by atoms with E-state index in [2.05, 4.69) is 287 Å². The van der Waals surface area contributed by atoms with Crippen LogP contribution in [0.3, 0.4) is 0 Å². The zero-order valence-electron chi connectivity index (χ0n) is 37.3. The molecule has 0 spiro atoms. The normalized spacial score (nSPS) is 13.9. The summed E-state index contributed by atoms with van der Waals surface area (Å²) in [4.78, 5) is 5.04. The van der Waals surface area contributed by atoms with Crippen molar-refractivity contribution in [1.29, 1.82) is 0 Å². The SMILES string of the molecule is c1ccc(-c2ccc(-n3c4ccccc4c4ccc(N(c5ccc6c(c5)C(c5ccccc5)(N(c5ccccc5)c5ccccc5)c5ccccc5-6)c5cccc6ccccc56)cc43)cc2)cc1. The predicted molar refractivity (Wildman–Crippen MR) is 285 cm³/mol. The molecule has 0 saturated heterocycles. The van der Waals surface area contributed by atoms with Gasteiger partial charge in [0, 0.05) is 44.6 Å². The molecule has 0 fully saturated rings. The Kier molecular flexibility index (Phi) is 9.40. The van der Waals surface area contributed by atoms with Crippen molar-refractivity contribution in [1.82, 2.24) is 4.57 Å². The lowest BCUT2D eigenvalue weighted by atomic mass is 9.78. The summed E-state index contributed by atoms with van der Waals surface area (Å²) in [7, 11) is 0. The molecule has 68 heavy (non-hydrogen) atoms. The Balaban J connectivity index is 1.09. The first kappa shape index (κ1) is 39.4. The average molecular weight is 868 g/mol. The van der Waals surface area contributed by atoms with Crippen LogP contribution in [0.2, 0.25) is 0 Å². The molecule has 0 saturated carbocycles. The number of hydrogen-bond donors (Lipinski definition) is 0. The molecule has 3 nitrogen and oxygen atoms in total. The maximum atomic E-state index is 2.56. The molecule has 1 aliphatic rings. The van der Waals surface area contributed by atoms with Crippen LogP contribution in [-0.4, -0.2) is 4.57 Å². The Hall–Kier alpha value is -8.92. The summed E-state index contributed by atoms with van der Waals surface area (Å²) in [6, 6.07) is 100.0. The minimum Gasteiger partial charge on any atom is -0.323 e. The van der Waals surface area contributed by atoms with Crippen LogP contribution in [0.1, 0.15) is 16.7 Å². The van der Waals surface area contributed by atoms with Crippen molar-refractivity contribution in [2.75, 3.05) is 9.80 Å². The van der Waals surface area contributed by atoms with Crippen molar-refractivity contribution >= 4 is 61.0 Å². The Morgan fingerprint density at radius 1 is 0.324 bits per heavy atom. The molecule has 1 heterocycles. The molecule has 1 atom stereocenters. The number of fused-ring (bicyclic) bond motifs is 7. The van der Waals surface area contributed by atoms with Gasteiger partial charge in [-0.25, -0.2) is 0 Å². The summed E-state index contributed by atoms with van der Waals surface area (Å²) in [5, 5.41) is 4.81. The molecule has 11 aromatic carbocycles. The molecule has 0 amide bonds. The molecule has 0 radical (unpaired) electrons. The fraction of sp³-hybridized carbons (Fsp3) is 0.0154. The molecule has 1 aliphatic carbocycles. The lowest BCUT2D eigenvalue weighted by Crippen LogP contribution is -2.44. The smallest absolute Gasteiger partial charge is 0.122 e. The van der Waals surface area contributed by atoms with Gasteiger partial charge >= 0.3 is 0 Å². The van der Waals surface area contributed by atoms with Gasteiger partial charge in [0.1, 0.15) is 5.54 Å². The Morgan fingerprint density at radius 3 is 1.62 bits per heavy atom. The second kappa shape index (κ2) is 16.2. The van der Waals surface area contributed by atoms with Crippen LogP contribution in [0, 0.1) is 0 Å². The summed E-state index contributed by atoms with van der Waals surface area (Å²) in [5.74, 6) is 0. The third-order valence-electron chi connectivity index (χ3n) is 14.0. The van der Waals surface area contributed by atoms with Gasteiger partial charge in [0.2, 0.25) is 0 Å². The molecular formula is C65H45N3. The zero-order chi connectivity index (χ0) is 45.0. The van der Waals surface area contributed by atoms with Crippen molar-refractivity contribution in [3.8, 4) is 27.9 Å². The van der Waals surface area contributed by atoms with Gasteiger partial charge in [-0.15, -0.1) is 0 Å². The van der Waals surface area contributed by atoms with Gasteiger partial charge < -0.3 is 14.4 Å². The monoisotopic (exact) mass is 867 g/mol. The topological polar surface area (TPSA) is 11.4 Å². The lowest BCUT2D eigenvalue weighted by Gasteiger charge is -2.45. The highest BCUT2D eigenvalue weighted by molar-refractivity contribution is 6.11. The van der Waals surface area contributed by atoms with Gasteiger partial charge in [-0.1, -0.05) is 200 Å². The van der Waals surface area contributed by atoms with Crippen LogP contribution in [0.15, 0.2) is 273 Å². The first-order chi connectivity index (χ1) is 33.8. The van der Waals surface area contributed by atoms with Gasteiger partial charge in [-0.3, -0.25) is 0 Å². The highest BCUT2D eigenvalue weighted by atomic mass is 15.2. The molecule has 0 aliphatic heterocycles. The highest BCUT2D eigenvalue weighted by Crippen LogP contribution is 2.59. The first-order valence-electron chi connectivity index (χ1n) is 23.4. The van der Waals surface area contributed by atoms with Crippen LogP contribution >= 0.6 is 0 Å². The third-order valence-corrected chi connectivity index (χ3v) is 14.0. The van der Waals surface area contributed by atoms with Crippen molar-refractivity contribution in [3.05, 3.63) is 290 Å². The van der Waals surface area contributed by atoms with Crippen LogP contribution in [-0.2, 0) is 5.54 Å². The Morgan fingerprint density at radius 2 is 0.868 bits per heavy atom. The molecule has 1 unspecified atom stereocenters. The standard InChI is InChI=1S/C65H45N3/c1-5-20-46(21-6-1)47-36-38-50(39-37-47)67-63-34-18-16-32-58(63)59-43-41-54(45-64(59)67)66(62-35-19-23-48-22-13-14-30-55(48)62)53-40-42-57-56-31-15-17-33-60(56)65(61(57)44-53,49-24-7-2-8-25-49)68(51-26-9-3-10-27-51)52-28-11-4-12-29-52/h1-45H. The van der Waals surface area contributed by atoms with E-state index in [0.29, 0.717) is 0 Å². The molecule has 13 rings (SSSR count). The second-order valence-electron chi connectivity index (χ2n) is 17.7. The van der Waals surface area contributed by atoms with Crippen molar-refractivity contribution in [2.45, 2.75) is 5.54 Å². The molecule has 0 bridgehead atoms. The van der Waals surface area contributed by atoms with E-state index in [-0.39, 0.29) is 0 Å². The summed E-state index contributed by atoms with van der Waals surface area (Å²) < 4.78 is 2.43.